The van der Waals surface area contributed by atoms with Gasteiger partial charge in [-0.25, -0.2) is 9.97 Å². The SMILES string of the molecule is COc1cc(C)nc(N2CCOCC2c2ncn[nH]2)n1. The fraction of sp³-hybridized carbons (Fsp3) is 0.500. The number of hydrogen-bond acceptors (Lipinski definition) is 7. The molecule has 8 nitrogen and oxygen atoms in total. The van der Waals surface area contributed by atoms with Crippen molar-refractivity contribution in [1.82, 2.24) is 25.1 Å². The van der Waals surface area contributed by atoms with Crippen LogP contribution in [0, 0.1) is 6.92 Å². The summed E-state index contributed by atoms with van der Waals surface area (Å²) in [6.45, 7) is 3.76. The van der Waals surface area contributed by atoms with Gasteiger partial charge in [0, 0.05) is 18.3 Å². The van der Waals surface area contributed by atoms with Gasteiger partial charge in [-0.05, 0) is 6.92 Å². The van der Waals surface area contributed by atoms with E-state index < -0.39 is 0 Å². The van der Waals surface area contributed by atoms with Gasteiger partial charge in [0.25, 0.3) is 0 Å². The standard InChI is InChI=1S/C12H16N6O2/c1-8-5-10(19-2)16-12(15-8)18-3-4-20-6-9(18)11-13-7-14-17-11/h5,7,9H,3-4,6H2,1-2H3,(H,13,14,17). The lowest BCUT2D eigenvalue weighted by molar-refractivity contribution is 0.0908. The maximum absolute atomic E-state index is 5.53. The van der Waals surface area contributed by atoms with Crippen molar-refractivity contribution in [2.75, 3.05) is 31.8 Å². The van der Waals surface area contributed by atoms with Crippen molar-refractivity contribution in [2.24, 2.45) is 0 Å². The summed E-state index contributed by atoms with van der Waals surface area (Å²) in [5.41, 5.74) is 0.856. The molecule has 1 aliphatic heterocycles. The van der Waals surface area contributed by atoms with Gasteiger partial charge in [-0.2, -0.15) is 10.1 Å². The second kappa shape index (κ2) is 5.41. The predicted molar refractivity (Wildman–Crippen MR) is 70.6 cm³/mol. The molecule has 1 atom stereocenters. The summed E-state index contributed by atoms with van der Waals surface area (Å²) in [7, 11) is 1.60. The highest BCUT2D eigenvalue weighted by molar-refractivity contribution is 5.37. The largest absolute Gasteiger partial charge is 0.481 e. The normalized spacial score (nSPS) is 19.1. The number of nitrogens with one attached hydrogen (secondary N) is 1. The topological polar surface area (TPSA) is 89.0 Å². The lowest BCUT2D eigenvalue weighted by Crippen LogP contribution is -2.41. The van der Waals surface area contributed by atoms with Gasteiger partial charge in [-0.15, -0.1) is 0 Å². The molecule has 0 spiro atoms. The third kappa shape index (κ3) is 2.42. The van der Waals surface area contributed by atoms with Crippen molar-refractivity contribution < 1.29 is 9.47 Å². The van der Waals surface area contributed by atoms with E-state index in [1.807, 2.05) is 6.92 Å². The highest BCUT2D eigenvalue weighted by atomic mass is 16.5. The van der Waals surface area contributed by atoms with Crippen LogP contribution in [0.15, 0.2) is 12.4 Å². The fourth-order valence-corrected chi connectivity index (χ4v) is 2.20. The molecule has 1 aliphatic rings. The molecule has 3 heterocycles. The Balaban J connectivity index is 1.95. The van der Waals surface area contributed by atoms with Gasteiger partial charge in [0.1, 0.15) is 18.2 Å². The first-order chi connectivity index (χ1) is 9.78. The second-order valence-corrected chi connectivity index (χ2v) is 4.51. The monoisotopic (exact) mass is 276 g/mol. The average Bonchev–Trinajstić information content (AvgIpc) is 3.00. The van der Waals surface area contributed by atoms with Crippen LogP contribution in [0.1, 0.15) is 17.6 Å². The summed E-state index contributed by atoms with van der Waals surface area (Å²) < 4.78 is 10.7. The Kier molecular flexibility index (Phi) is 3.46. The number of methoxy groups -OCH3 is 1. The summed E-state index contributed by atoms with van der Waals surface area (Å²) in [5, 5.41) is 6.77. The van der Waals surface area contributed by atoms with E-state index in [4.69, 9.17) is 9.47 Å². The fourth-order valence-electron chi connectivity index (χ4n) is 2.20. The summed E-state index contributed by atoms with van der Waals surface area (Å²) >= 11 is 0. The highest BCUT2D eigenvalue weighted by Crippen LogP contribution is 2.26. The smallest absolute Gasteiger partial charge is 0.229 e. The quantitative estimate of drug-likeness (QED) is 0.872. The maximum atomic E-state index is 5.53. The molecule has 106 valence electrons. The third-order valence-corrected chi connectivity index (χ3v) is 3.16. The van der Waals surface area contributed by atoms with Crippen LogP contribution in [0.2, 0.25) is 0 Å². The Hall–Kier alpha value is -2.22. The lowest BCUT2D eigenvalue weighted by atomic mass is 10.2. The first-order valence-corrected chi connectivity index (χ1v) is 6.37. The van der Waals surface area contributed by atoms with Crippen molar-refractivity contribution >= 4 is 5.95 Å². The van der Waals surface area contributed by atoms with Gasteiger partial charge in [-0.3, -0.25) is 5.10 Å². The zero-order chi connectivity index (χ0) is 13.9. The maximum Gasteiger partial charge on any atom is 0.229 e. The molecular weight excluding hydrogens is 260 g/mol. The number of H-pyrrole nitrogens is 1. The zero-order valence-electron chi connectivity index (χ0n) is 11.4. The van der Waals surface area contributed by atoms with E-state index in [1.165, 1.54) is 6.33 Å². The minimum atomic E-state index is -0.0715. The Morgan fingerprint density at radius 2 is 2.35 bits per heavy atom. The van der Waals surface area contributed by atoms with Crippen LogP contribution in [0.25, 0.3) is 0 Å². The Labute approximate surface area is 116 Å². The van der Waals surface area contributed by atoms with Gasteiger partial charge in [0.2, 0.25) is 11.8 Å². The number of morpholine rings is 1. The van der Waals surface area contributed by atoms with Crippen LogP contribution >= 0.6 is 0 Å². The molecule has 1 unspecified atom stereocenters. The van der Waals surface area contributed by atoms with E-state index in [-0.39, 0.29) is 6.04 Å². The number of ether oxygens (including phenoxy) is 2. The molecule has 3 rings (SSSR count). The summed E-state index contributed by atoms with van der Waals surface area (Å²) in [6, 6.07) is 1.73. The molecule has 0 bridgehead atoms. The molecule has 0 aromatic carbocycles. The molecule has 0 saturated carbocycles. The van der Waals surface area contributed by atoms with E-state index in [0.717, 1.165) is 11.5 Å². The highest BCUT2D eigenvalue weighted by Gasteiger charge is 2.29. The number of rotatable bonds is 3. The van der Waals surface area contributed by atoms with Crippen molar-refractivity contribution in [3.05, 3.63) is 23.9 Å². The van der Waals surface area contributed by atoms with Gasteiger partial charge in [-0.1, -0.05) is 0 Å². The lowest BCUT2D eigenvalue weighted by Gasteiger charge is -2.34. The van der Waals surface area contributed by atoms with Gasteiger partial charge >= 0.3 is 0 Å². The van der Waals surface area contributed by atoms with E-state index in [2.05, 4.69) is 30.0 Å². The minimum Gasteiger partial charge on any atom is -0.481 e. The zero-order valence-corrected chi connectivity index (χ0v) is 11.4. The van der Waals surface area contributed by atoms with Crippen LogP contribution in [0.4, 0.5) is 5.95 Å². The van der Waals surface area contributed by atoms with Crippen LogP contribution in [-0.4, -0.2) is 52.0 Å². The van der Waals surface area contributed by atoms with Gasteiger partial charge in [0.05, 0.1) is 20.3 Å². The molecule has 0 radical (unpaired) electrons. The van der Waals surface area contributed by atoms with Crippen molar-refractivity contribution in [2.45, 2.75) is 13.0 Å². The molecule has 1 N–H and O–H groups in total. The van der Waals surface area contributed by atoms with Crippen molar-refractivity contribution in [3.63, 3.8) is 0 Å². The minimum absolute atomic E-state index is 0.0715. The van der Waals surface area contributed by atoms with Crippen LogP contribution in [0.5, 0.6) is 5.88 Å². The molecule has 0 aliphatic carbocycles. The first-order valence-electron chi connectivity index (χ1n) is 6.37. The van der Waals surface area contributed by atoms with Crippen molar-refractivity contribution in [3.8, 4) is 5.88 Å². The first kappa shape index (κ1) is 12.8. The number of anilines is 1. The second-order valence-electron chi connectivity index (χ2n) is 4.51. The molecule has 20 heavy (non-hydrogen) atoms. The molecule has 0 amide bonds. The summed E-state index contributed by atoms with van der Waals surface area (Å²) in [5.74, 6) is 1.91. The number of aromatic nitrogens is 5. The molecule has 1 saturated heterocycles. The van der Waals surface area contributed by atoms with E-state index in [9.17, 15) is 0 Å². The summed E-state index contributed by atoms with van der Waals surface area (Å²) in [4.78, 5) is 15.2. The number of nitrogens with zero attached hydrogens (tertiary/aromatic N) is 5. The summed E-state index contributed by atoms with van der Waals surface area (Å²) in [6.07, 6.45) is 1.49. The molecule has 1 fully saturated rings. The number of hydrogen-bond donors (Lipinski definition) is 1. The van der Waals surface area contributed by atoms with Crippen LogP contribution in [0.3, 0.4) is 0 Å². The predicted octanol–water partition coefficient (Wildman–Crippen LogP) is 0.490. The van der Waals surface area contributed by atoms with Crippen LogP contribution in [-0.2, 0) is 4.74 Å². The number of aromatic amines is 1. The Morgan fingerprint density at radius 3 is 3.10 bits per heavy atom. The van der Waals surface area contributed by atoms with E-state index >= 15 is 0 Å². The molecule has 2 aromatic heterocycles. The third-order valence-electron chi connectivity index (χ3n) is 3.16. The number of aryl methyl sites for hydroxylation is 1. The Morgan fingerprint density at radius 1 is 1.45 bits per heavy atom. The van der Waals surface area contributed by atoms with Gasteiger partial charge in [0.15, 0.2) is 0 Å². The molecule has 8 heteroatoms. The molecular formula is C12H16N6O2. The average molecular weight is 276 g/mol. The van der Waals surface area contributed by atoms with Gasteiger partial charge < -0.3 is 14.4 Å². The van der Waals surface area contributed by atoms with Crippen molar-refractivity contribution in [1.29, 1.82) is 0 Å². The van der Waals surface area contributed by atoms with E-state index in [0.29, 0.717) is 31.6 Å². The Bertz CT molecular complexity index is 573. The molecule has 2 aromatic rings. The van der Waals surface area contributed by atoms with Crippen LogP contribution < -0.4 is 9.64 Å². The van der Waals surface area contributed by atoms with E-state index in [1.54, 1.807) is 13.2 Å².